The molecule has 342 valence electrons. The Morgan fingerprint density at radius 3 is 1.45 bits per heavy atom. The van der Waals surface area contributed by atoms with Gasteiger partial charge in [0, 0.05) is 25.4 Å². The van der Waals surface area contributed by atoms with Gasteiger partial charge in [0.25, 0.3) is 0 Å². The maximum Gasteiger partial charge on any atom is 0.305 e. The van der Waals surface area contributed by atoms with Gasteiger partial charge in [-0.15, -0.1) is 0 Å². The highest BCUT2D eigenvalue weighted by molar-refractivity contribution is 5.87. The third kappa shape index (κ3) is 39.3. The Morgan fingerprint density at radius 1 is 0.500 bits per heavy atom. The molecule has 3 atom stereocenters. The molecule has 9 heteroatoms. The smallest absolute Gasteiger partial charge is 0.305 e. The Hall–Kier alpha value is -2.16. The summed E-state index contributed by atoms with van der Waals surface area (Å²) in [4.78, 5) is 49.5. The highest BCUT2D eigenvalue weighted by Gasteiger charge is 2.18. The maximum atomic E-state index is 12.7. The number of amides is 3. The van der Waals surface area contributed by atoms with E-state index in [1.165, 1.54) is 128 Å². The number of aliphatic hydroxyl groups is 1. The molecule has 0 aromatic rings. The van der Waals surface area contributed by atoms with Gasteiger partial charge < -0.3 is 25.8 Å². The first-order chi connectivity index (χ1) is 28.2. The van der Waals surface area contributed by atoms with Crippen LogP contribution in [0.2, 0.25) is 0 Å². The van der Waals surface area contributed by atoms with E-state index in [2.05, 4.69) is 29.8 Å². The molecule has 0 heterocycles. The Bertz CT molecular complexity index is 963. The van der Waals surface area contributed by atoms with E-state index in [-0.39, 0.29) is 36.2 Å². The van der Waals surface area contributed by atoms with Crippen LogP contribution in [0.15, 0.2) is 0 Å². The van der Waals surface area contributed by atoms with Crippen molar-refractivity contribution in [1.29, 1.82) is 0 Å². The van der Waals surface area contributed by atoms with Crippen molar-refractivity contribution in [2.45, 2.75) is 277 Å². The molecule has 0 aliphatic heterocycles. The van der Waals surface area contributed by atoms with Gasteiger partial charge in [-0.2, -0.15) is 0 Å². The first-order valence-electron chi connectivity index (χ1n) is 24.9. The average molecular weight is 822 g/mol. The van der Waals surface area contributed by atoms with E-state index in [0.717, 1.165) is 70.6 Å². The van der Waals surface area contributed by atoms with Gasteiger partial charge in [-0.1, -0.05) is 188 Å². The number of aliphatic hydroxyl groups excluding tert-OH is 1. The van der Waals surface area contributed by atoms with Crippen LogP contribution in [-0.4, -0.2) is 60.1 Å². The van der Waals surface area contributed by atoms with E-state index in [1.54, 1.807) is 0 Å². The number of hydrogen-bond acceptors (Lipinski definition) is 6. The van der Waals surface area contributed by atoms with Gasteiger partial charge in [-0.05, 0) is 51.9 Å². The minimum absolute atomic E-state index is 0.0261. The van der Waals surface area contributed by atoms with Gasteiger partial charge in [0.05, 0.1) is 19.1 Å². The van der Waals surface area contributed by atoms with Crippen molar-refractivity contribution < 1.29 is 29.0 Å². The molecule has 0 aromatic heterocycles. The quantitative estimate of drug-likeness (QED) is 0.0357. The number of esters is 1. The molecule has 0 rings (SSSR count). The van der Waals surface area contributed by atoms with Gasteiger partial charge in [-0.25, -0.2) is 0 Å². The van der Waals surface area contributed by atoms with Gasteiger partial charge >= 0.3 is 5.97 Å². The van der Waals surface area contributed by atoms with E-state index in [9.17, 15) is 24.3 Å². The van der Waals surface area contributed by atoms with Crippen LogP contribution in [0, 0.1) is 0 Å². The number of hydrogen-bond donors (Lipinski definition) is 4. The summed E-state index contributed by atoms with van der Waals surface area (Å²) in [5.41, 5.74) is 0. The summed E-state index contributed by atoms with van der Waals surface area (Å²) >= 11 is 0. The van der Waals surface area contributed by atoms with Crippen molar-refractivity contribution >= 4 is 23.7 Å². The van der Waals surface area contributed by atoms with E-state index in [1.807, 2.05) is 13.8 Å². The summed E-state index contributed by atoms with van der Waals surface area (Å²) in [5, 5.41) is 19.1. The summed E-state index contributed by atoms with van der Waals surface area (Å²) in [6, 6.07) is -0.563. The highest BCUT2D eigenvalue weighted by atomic mass is 16.5. The molecular weight excluding hydrogens is 727 g/mol. The number of carbonyl (C=O) groups is 4. The molecule has 0 aromatic carbocycles. The van der Waals surface area contributed by atoms with Crippen LogP contribution in [-0.2, 0) is 23.9 Å². The molecule has 0 radical (unpaired) electrons. The topological polar surface area (TPSA) is 134 Å². The zero-order valence-electron chi connectivity index (χ0n) is 38.6. The predicted octanol–water partition coefficient (Wildman–Crippen LogP) is 12.1. The summed E-state index contributed by atoms with van der Waals surface area (Å²) in [7, 11) is 0. The van der Waals surface area contributed by atoms with Crippen molar-refractivity contribution in [1.82, 2.24) is 16.0 Å². The van der Waals surface area contributed by atoms with Gasteiger partial charge in [0.2, 0.25) is 17.7 Å². The van der Waals surface area contributed by atoms with E-state index in [0.29, 0.717) is 38.8 Å². The first kappa shape index (κ1) is 55.8. The number of carbonyl (C=O) groups excluding carboxylic acids is 4. The molecule has 3 amide bonds. The van der Waals surface area contributed by atoms with Crippen LogP contribution in [0.25, 0.3) is 0 Å². The SMILES string of the molecule is CCCCCCCCCCCC(=O)OCCCCCCCCCCCCCC(=O)NC(CC)C(=O)NCCCC(C)NC(=O)C[C@H](O)CCCCCCCCCCC. The predicted molar refractivity (Wildman–Crippen MR) is 243 cm³/mol. The molecule has 0 saturated carbocycles. The normalized spacial score (nSPS) is 12.8. The molecule has 0 bridgehead atoms. The molecule has 0 fully saturated rings. The van der Waals surface area contributed by atoms with Crippen LogP contribution < -0.4 is 16.0 Å². The lowest BCUT2D eigenvalue weighted by atomic mass is 10.0. The summed E-state index contributed by atoms with van der Waals surface area (Å²) < 4.78 is 5.42. The minimum Gasteiger partial charge on any atom is -0.466 e. The van der Waals surface area contributed by atoms with Gasteiger partial charge in [0.1, 0.15) is 6.04 Å². The fourth-order valence-corrected chi connectivity index (χ4v) is 7.59. The fraction of sp³-hybridized carbons (Fsp3) is 0.918. The number of rotatable bonds is 44. The largest absolute Gasteiger partial charge is 0.466 e. The van der Waals surface area contributed by atoms with E-state index >= 15 is 0 Å². The van der Waals surface area contributed by atoms with Crippen molar-refractivity contribution in [3.05, 3.63) is 0 Å². The monoisotopic (exact) mass is 822 g/mol. The molecular formula is C49H95N3O6. The second-order valence-corrected chi connectivity index (χ2v) is 17.3. The second-order valence-electron chi connectivity index (χ2n) is 17.3. The van der Waals surface area contributed by atoms with Crippen LogP contribution in [0.5, 0.6) is 0 Å². The van der Waals surface area contributed by atoms with Crippen LogP contribution in [0.1, 0.15) is 259 Å². The Labute approximate surface area is 357 Å². The lowest BCUT2D eigenvalue weighted by Gasteiger charge is -2.18. The molecule has 2 unspecified atom stereocenters. The summed E-state index contributed by atoms with van der Waals surface area (Å²) in [6.07, 6.45) is 38.1. The molecule has 4 N–H and O–H groups in total. The average Bonchev–Trinajstić information content (AvgIpc) is 3.20. The highest BCUT2D eigenvalue weighted by Crippen LogP contribution is 2.15. The van der Waals surface area contributed by atoms with E-state index < -0.39 is 12.1 Å². The van der Waals surface area contributed by atoms with Gasteiger partial charge in [-0.3, -0.25) is 19.2 Å². The van der Waals surface area contributed by atoms with Crippen LogP contribution in [0.4, 0.5) is 0 Å². The standard InChI is InChI=1S/C49H95N3O6/c1-5-8-10-12-14-19-23-27-31-37-44(53)42-47(55)51-43(4)36-35-40-50-49(57)45(7-3)52-46(54)38-32-28-24-21-17-16-18-22-26-30-34-41-58-48(56)39-33-29-25-20-15-13-11-9-6-2/h43-45,53H,5-42H2,1-4H3,(H,50,57)(H,51,55)(H,52,54)/t43?,44-,45?/m1/s1. The van der Waals surface area contributed by atoms with Crippen LogP contribution >= 0.6 is 0 Å². The third-order valence-electron chi connectivity index (χ3n) is 11.4. The summed E-state index contributed by atoms with van der Waals surface area (Å²) in [6.45, 7) is 9.40. The van der Waals surface area contributed by atoms with Crippen molar-refractivity contribution in [3.8, 4) is 0 Å². The summed E-state index contributed by atoms with van der Waals surface area (Å²) in [5.74, 6) is -0.369. The van der Waals surface area contributed by atoms with Crippen molar-refractivity contribution in [3.63, 3.8) is 0 Å². The Morgan fingerprint density at radius 2 is 0.948 bits per heavy atom. The Kier molecular flexibility index (Phi) is 41.3. The molecule has 0 aliphatic carbocycles. The lowest BCUT2D eigenvalue weighted by Crippen LogP contribution is -2.46. The number of ether oxygens (including phenoxy) is 1. The fourth-order valence-electron chi connectivity index (χ4n) is 7.59. The third-order valence-corrected chi connectivity index (χ3v) is 11.4. The minimum atomic E-state index is -0.593. The maximum absolute atomic E-state index is 12.7. The number of nitrogens with one attached hydrogen (secondary N) is 3. The first-order valence-corrected chi connectivity index (χ1v) is 24.9. The van der Waals surface area contributed by atoms with Gasteiger partial charge in [0.15, 0.2) is 0 Å². The van der Waals surface area contributed by atoms with Crippen molar-refractivity contribution in [2.75, 3.05) is 13.2 Å². The zero-order valence-corrected chi connectivity index (χ0v) is 38.6. The van der Waals surface area contributed by atoms with Crippen LogP contribution in [0.3, 0.4) is 0 Å². The molecule has 0 spiro atoms. The second kappa shape index (κ2) is 42.9. The van der Waals surface area contributed by atoms with E-state index in [4.69, 9.17) is 4.74 Å². The Balaban J connectivity index is 3.70. The molecule has 58 heavy (non-hydrogen) atoms. The number of unbranched alkanes of at least 4 members (excludes halogenated alkanes) is 26. The lowest BCUT2D eigenvalue weighted by molar-refractivity contribution is -0.144. The molecule has 0 aliphatic rings. The van der Waals surface area contributed by atoms with Crippen molar-refractivity contribution in [2.24, 2.45) is 0 Å². The molecule has 9 nitrogen and oxygen atoms in total. The zero-order chi connectivity index (χ0) is 42.7. The molecule has 0 saturated heterocycles.